The summed E-state index contributed by atoms with van der Waals surface area (Å²) in [4.78, 5) is 14.9. The molecule has 0 spiro atoms. The van der Waals surface area contributed by atoms with Gasteiger partial charge in [0.15, 0.2) is 0 Å². The minimum absolute atomic E-state index is 0.213. The Balaban J connectivity index is 1.77. The van der Waals surface area contributed by atoms with Crippen molar-refractivity contribution in [1.29, 1.82) is 0 Å². The molecule has 3 heteroatoms. The summed E-state index contributed by atoms with van der Waals surface area (Å²) in [5.74, 6) is 1.47. The van der Waals surface area contributed by atoms with Crippen molar-refractivity contribution in [3.8, 4) is 0 Å². The molecule has 1 unspecified atom stereocenters. The van der Waals surface area contributed by atoms with Crippen LogP contribution in [0.4, 0.5) is 0 Å². The summed E-state index contributed by atoms with van der Waals surface area (Å²) in [6, 6.07) is 10.2. The van der Waals surface area contributed by atoms with Crippen molar-refractivity contribution in [3.63, 3.8) is 0 Å². The molecule has 0 N–H and O–H groups in total. The lowest BCUT2D eigenvalue weighted by atomic mass is 9.92. The monoisotopic (exact) mass is 277 g/mol. The van der Waals surface area contributed by atoms with Crippen molar-refractivity contribution in [2.24, 2.45) is 5.92 Å². The summed E-state index contributed by atoms with van der Waals surface area (Å²) < 4.78 is 0. The van der Waals surface area contributed by atoms with E-state index in [-0.39, 0.29) is 5.41 Å². The van der Waals surface area contributed by atoms with Crippen molar-refractivity contribution >= 4 is 17.5 Å². The Bertz CT molecular complexity index is 455. The lowest BCUT2D eigenvalue weighted by Gasteiger charge is -2.34. The van der Waals surface area contributed by atoms with E-state index in [4.69, 9.17) is 11.6 Å². The summed E-state index contributed by atoms with van der Waals surface area (Å²) in [6.07, 6.45) is 4.25. The lowest BCUT2D eigenvalue weighted by Crippen LogP contribution is -2.45. The molecule has 3 rings (SSSR count). The number of rotatable bonds is 3. The first-order chi connectivity index (χ1) is 9.26. The van der Waals surface area contributed by atoms with Crippen LogP contribution in [0.15, 0.2) is 30.3 Å². The molecule has 2 aliphatic rings. The molecule has 2 fully saturated rings. The number of halogens is 1. The van der Waals surface area contributed by atoms with E-state index in [9.17, 15) is 4.79 Å². The van der Waals surface area contributed by atoms with Crippen LogP contribution in [0.2, 0.25) is 0 Å². The molecule has 0 aromatic heterocycles. The fourth-order valence-corrected chi connectivity index (χ4v) is 3.44. The minimum Gasteiger partial charge on any atom is -0.342 e. The molecule has 1 atom stereocenters. The molecule has 102 valence electrons. The highest BCUT2D eigenvalue weighted by Crippen LogP contribution is 2.49. The molecule has 1 heterocycles. The predicted octanol–water partition coefficient (Wildman–Crippen LogP) is 3.20. The van der Waals surface area contributed by atoms with E-state index in [2.05, 4.69) is 17.0 Å². The number of alkyl halides is 1. The SMILES string of the molecule is O=C(N1CCCC(CCl)C1)C1(c2ccccc2)CC1. The van der Waals surface area contributed by atoms with Crippen molar-refractivity contribution in [2.75, 3.05) is 19.0 Å². The summed E-state index contributed by atoms with van der Waals surface area (Å²) in [5.41, 5.74) is 0.975. The normalized spacial score (nSPS) is 25.1. The number of carbonyl (C=O) groups is 1. The maximum atomic E-state index is 12.8. The van der Waals surface area contributed by atoms with Gasteiger partial charge in [-0.25, -0.2) is 0 Å². The van der Waals surface area contributed by atoms with Gasteiger partial charge in [0.05, 0.1) is 5.41 Å². The van der Waals surface area contributed by atoms with E-state index in [0.717, 1.165) is 38.8 Å². The zero-order chi connectivity index (χ0) is 13.3. The molecule has 1 amide bonds. The Kier molecular flexibility index (Phi) is 3.53. The molecule has 2 nitrogen and oxygen atoms in total. The van der Waals surface area contributed by atoms with Crippen molar-refractivity contribution < 1.29 is 4.79 Å². The number of hydrogen-bond acceptors (Lipinski definition) is 1. The van der Waals surface area contributed by atoms with Crippen LogP contribution >= 0.6 is 11.6 Å². The summed E-state index contributed by atoms with van der Waals surface area (Å²) in [6.45, 7) is 1.75. The first-order valence-corrected chi connectivity index (χ1v) is 7.70. The van der Waals surface area contributed by atoms with E-state index in [0.29, 0.717) is 17.7 Å². The van der Waals surface area contributed by atoms with Crippen LogP contribution in [0.25, 0.3) is 0 Å². The van der Waals surface area contributed by atoms with Gasteiger partial charge < -0.3 is 4.90 Å². The molecular formula is C16H20ClNO. The standard InChI is InChI=1S/C16H20ClNO/c17-11-13-5-4-10-18(12-13)15(19)16(8-9-16)14-6-2-1-3-7-14/h1-3,6-7,13H,4-5,8-12H2. The van der Waals surface area contributed by atoms with Gasteiger partial charge in [-0.15, -0.1) is 11.6 Å². The van der Waals surface area contributed by atoms with Crippen molar-refractivity contribution in [3.05, 3.63) is 35.9 Å². The van der Waals surface area contributed by atoms with Crippen LogP contribution in [0.5, 0.6) is 0 Å². The van der Waals surface area contributed by atoms with Gasteiger partial charge in [-0.1, -0.05) is 30.3 Å². The Hall–Kier alpha value is -1.02. The zero-order valence-corrected chi connectivity index (χ0v) is 11.9. The second kappa shape index (κ2) is 5.16. The van der Waals surface area contributed by atoms with Crippen LogP contribution in [0.3, 0.4) is 0 Å². The number of amides is 1. The molecule has 19 heavy (non-hydrogen) atoms. The lowest BCUT2D eigenvalue weighted by molar-refractivity contribution is -0.135. The third-order valence-corrected chi connectivity index (χ3v) is 4.95. The maximum absolute atomic E-state index is 12.8. The molecule has 1 aromatic carbocycles. The molecule has 1 aliphatic carbocycles. The van der Waals surface area contributed by atoms with E-state index in [1.807, 2.05) is 18.2 Å². The van der Waals surface area contributed by atoms with E-state index < -0.39 is 0 Å². The topological polar surface area (TPSA) is 20.3 Å². The molecular weight excluding hydrogens is 258 g/mol. The van der Waals surface area contributed by atoms with Gasteiger partial charge in [-0.2, -0.15) is 0 Å². The highest BCUT2D eigenvalue weighted by atomic mass is 35.5. The van der Waals surface area contributed by atoms with Gasteiger partial charge in [0.1, 0.15) is 0 Å². The predicted molar refractivity (Wildman–Crippen MR) is 77.4 cm³/mol. The number of nitrogens with zero attached hydrogens (tertiary/aromatic N) is 1. The molecule has 1 aromatic rings. The number of benzene rings is 1. The van der Waals surface area contributed by atoms with E-state index in [1.54, 1.807) is 0 Å². The Labute approximate surface area is 119 Å². The smallest absolute Gasteiger partial charge is 0.233 e. The molecule has 1 saturated carbocycles. The van der Waals surface area contributed by atoms with Gasteiger partial charge in [-0.3, -0.25) is 4.79 Å². The quantitative estimate of drug-likeness (QED) is 0.777. The highest BCUT2D eigenvalue weighted by Gasteiger charge is 2.53. The molecule has 0 bridgehead atoms. The van der Waals surface area contributed by atoms with Crippen LogP contribution in [0.1, 0.15) is 31.2 Å². The molecule has 0 radical (unpaired) electrons. The average molecular weight is 278 g/mol. The largest absolute Gasteiger partial charge is 0.342 e. The highest BCUT2D eigenvalue weighted by molar-refractivity contribution is 6.18. The summed E-state index contributed by atoms with van der Waals surface area (Å²) in [7, 11) is 0. The number of carbonyl (C=O) groups excluding carboxylic acids is 1. The van der Waals surface area contributed by atoms with Gasteiger partial charge in [0.25, 0.3) is 0 Å². The third-order valence-electron chi connectivity index (χ3n) is 4.51. The second-order valence-corrected chi connectivity index (χ2v) is 6.17. The maximum Gasteiger partial charge on any atom is 0.233 e. The second-order valence-electron chi connectivity index (χ2n) is 5.86. The molecule has 1 aliphatic heterocycles. The Morgan fingerprint density at radius 2 is 2.05 bits per heavy atom. The number of likely N-dealkylation sites (tertiary alicyclic amines) is 1. The average Bonchev–Trinajstić information content (AvgIpc) is 3.29. The number of piperidine rings is 1. The summed E-state index contributed by atoms with van der Waals surface area (Å²) >= 11 is 5.96. The van der Waals surface area contributed by atoms with Gasteiger partial charge in [-0.05, 0) is 37.2 Å². The van der Waals surface area contributed by atoms with Crippen LogP contribution in [0, 0.1) is 5.92 Å². The van der Waals surface area contributed by atoms with Gasteiger partial charge >= 0.3 is 0 Å². The number of hydrogen-bond donors (Lipinski definition) is 0. The first-order valence-electron chi connectivity index (χ1n) is 7.17. The van der Waals surface area contributed by atoms with Crippen LogP contribution in [-0.4, -0.2) is 29.8 Å². The van der Waals surface area contributed by atoms with Crippen molar-refractivity contribution in [2.45, 2.75) is 31.1 Å². The first kappa shape index (κ1) is 13.0. The molecule has 1 saturated heterocycles. The minimum atomic E-state index is -0.213. The van der Waals surface area contributed by atoms with Crippen LogP contribution < -0.4 is 0 Å². The Morgan fingerprint density at radius 1 is 1.32 bits per heavy atom. The zero-order valence-electron chi connectivity index (χ0n) is 11.1. The Morgan fingerprint density at radius 3 is 2.68 bits per heavy atom. The fourth-order valence-electron chi connectivity index (χ4n) is 3.19. The van der Waals surface area contributed by atoms with E-state index in [1.165, 1.54) is 5.56 Å². The van der Waals surface area contributed by atoms with Crippen molar-refractivity contribution in [1.82, 2.24) is 4.90 Å². The van der Waals surface area contributed by atoms with E-state index >= 15 is 0 Å². The van der Waals surface area contributed by atoms with Crippen LogP contribution in [-0.2, 0) is 10.2 Å². The fraction of sp³-hybridized carbons (Fsp3) is 0.562. The van der Waals surface area contributed by atoms with Gasteiger partial charge in [0.2, 0.25) is 5.91 Å². The third kappa shape index (κ3) is 2.38. The summed E-state index contributed by atoms with van der Waals surface area (Å²) in [5, 5.41) is 0. The van der Waals surface area contributed by atoms with Gasteiger partial charge in [0, 0.05) is 19.0 Å².